The molecule has 0 aliphatic carbocycles. The maximum absolute atomic E-state index is 13.1. The largest absolute Gasteiger partial charge is 0.484 e. The number of para-hydroxylation sites is 1. The van der Waals surface area contributed by atoms with Gasteiger partial charge in [0.05, 0.1) is 5.69 Å². The number of nitrogens with one attached hydrogen (secondary N) is 1. The summed E-state index contributed by atoms with van der Waals surface area (Å²) in [7, 11) is 0. The molecule has 0 fully saturated rings. The summed E-state index contributed by atoms with van der Waals surface area (Å²) in [6, 6.07) is 13.9. The number of aryl methyl sites for hydroxylation is 2. The standard InChI is InChI=1S/C21H21FN2O2S/c1-14-5-3-4-6-18(14)26-13-20(25)23-12-11-19-15(2)24-21(27-19)16-7-9-17(22)10-8-16/h3-10H,11-13H2,1-2H3,(H,23,25). The van der Waals surface area contributed by atoms with Gasteiger partial charge in [-0.3, -0.25) is 4.79 Å². The molecule has 0 spiro atoms. The Morgan fingerprint density at radius 1 is 1.15 bits per heavy atom. The first-order valence-electron chi connectivity index (χ1n) is 8.70. The van der Waals surface area contributed by atoms with Crippen LogP contribution in [0.5, 0.6) is 5.75 Å². The number of thiazole rings is 1. The number of aromatic nitrogens is 1. The van der Waals surface area contributed by atoms with Gasteiger partial charge in [-0.15, -0.1) is 11.3 Å². The van der Waals surface area contributed by atoms with Crippen LogP contribution in [0, 0.1) is 19.7 Å². The molecule has 1 N–H and O–H groups in total. The average Bonchev–Trinajstić information content (AvgIpc) is 3.02. The van der Waals surface area contributed by atoms with Gasteiger partial charge in [-0.1, -0.05) is 18.2 Å². The van der Waals surface area contributed by atoms with Gasteiger partial charge in [-0.05, 0) is 49.7 Å². The second-order valence-corrected chi connectivity index (χ2v) is 7.27. The predicted octanol–water partition coefficient (Wildman–Crippen LogP) is 4.30. The van der Waals surface area contributed by atoms with Crippen molar-refractivity contribution in [3.8, 4) is 16.3 Å². The molecule has 140 valence electrons. The van der Waals surface area contributed by atoms with Gasteiger partial charge in [-0.2, -0.15) is 0 Å². The molecule has 0 radical (unpaired) electrons. The zero-order valence-electron chi connectivity index (χ0n) is 15.3. The summed E-state index contributed by atoms with van der Waals surface area (Å²) in [6.45, 7) is 4.40. The highest BCUT2D eigenvalue weighted by molar-refractivity contribution is 7.15. The fourth-order valence-corrected chi connectivity index (χ4v) is 3.67. The minimum Gasteiger partial charge on any atom is -0.484 e. The number of halogens is 1. The SMILES string of the molecule is Cc1ccccc1OCC(=O)NCCc1sc(-c2ccc(F)cc2)nc1C. The molecule has 6 heteroatoms. The predicted molar refractivity (Wildman–Crippen MR) is 106 cm³/mol. The summed E-state index contributed by atoms with van der Waals surface area (Å²) in [6.07, 6.45) is 0.695. The zero-order valence-corrected chi connectivity index (χ0v) is 16.1. The van der Waals surface area contributed by atoms with Gasteiger partial charge in [0.15, 0.2) is 6.61 Å². The Kier molecular flexibility index (Phi) is 6.19. The Labute approximate surface area is 162 Å². The van der Waals surface area contributed by atoms with Crippen LogP contribution in [-0.2, 0) is 11.2 Å². The second-order valence-electron chi connectivity index (χ2n) is 6.19. The van der Waals surface area contributed by atoms with Crippen molar-refractivity contribution < 1.29 is 13.9 Å². The Bertz CT molecular complexity index is 922. The van der Waals surface area contributed by atoms with E-state index in [0.717, 1.165) is 32.5 Å². The number of rotatable bonds is 7. The smallest absolute Gasteiger partial charge is 0.257 e. The van der Waals surface area contributed by atoms with Crippen LogP contribution in [0.2, 0.25) is 0 Å². The first-order chi connectivity index (χ1) is 13.0. The number of benzene rings is 2. The topological polar surface area (TPSA) is 51.2 Å². The minimum absolute atomic E-state index is 0.00659. The molecule has 1 amide bonds. The van der Waals surface area contributed by atoms with Gasteiger partial charge in [0.1, 0.15) is 16.6 Å². The summed E-state index contributed by atoms with van der Waals surface area (Å²) in [5.41, 5.74) is 2.83. The van der Waals surface area contributed by atoms with E-state index in [4.69, 9.17) is 4.74 Å². The molecule has 3 rings (SSSR count). The summed E-state index contributed by atoms with van der Waals surface area (Å²) < 4.78 is 18.6. The Morgan fingerprint density at radius 2 is 1.89 bits per heavy atom. The Morgan fingerprint density at radius 3 is 2.63 bits per heavy atom. The van der Waals surface area contributed by atoms with E-state index in [1.165, 1.54) is 12.1 Å². The van der Waals surface area contributed by atoms with Gasteiger partial charge in [0.2, 0.25) is 0 Å². The molecular weight excluding hydrogens is 363 g/mol. The van der Waals surface area contributed by atoms with Crippen molar-refractivity contribution in [1.29, 1.82) is 0 Å². The molecule has 4 nitrogen and oxygen atoms in total. The van der Waals surface area contributed by atoms with Crippen molar-refractivity contribution in [2.75, 3.05) is 13.2 Å². The average molecular weight is 384 g/mol. The molecule has 0 bridgehead atoms. The lowest BCUT2D eigenvalue weighted by Gasteiger charge is -2.09. The van der Waals surface area contributed by atoms with Crippen molar-refractivity contribution in [3.63, 3.8) is 0 Å². The van der Waals surface area contributed by atoms with Crippen LogP contribution in [0.1, 0.15) is 16.1 Å². The zero-order chi connectivity index (χ0) is 19.2. The van der Waals surface area contributed by atoms with Crippen LogP contribution >= 0.6 is 11.3 Å². The van der Waals surface area contributed by atoms with Crippen LogP contribution in [0.4, 0.5) is 4.39 Å². The van der Waals surface area contributed by atoms with E-state index < -0.39 is 0 Å². The first-order valence-corrected chi connectivity index (χ1v) is 9.52. The third-order valence-electron chi connectivity index (χ3n) is 4.11. The molecule has 0 saturated heterocycles. The Balaban J connectivity index is 1.49. The third kappa shape index (κ3) is 5.14. The summed E-state index contributed by atoms with van der Waals surface area (Å²) in [4.78, 5) is 17.6. The van der Waals surface area contributed by atoms with E-state index >= 15 is 0 Å². The van der Waals surface area contributed by atoms with Crippen LogP contribution < -0.4 is 10.1 Å². The molecule has 0 saturated carbocycles. The molecule has 2 aromatic carbocycles. The van der Waals surface area contributed by atoms with Crippen LogP contribution in [0.15, 0.2) is 48.5 Å². The molecule has 0 atom stereocenters. The lowest BCUT2D eigenvalue weighted by molar-refractivity contribution is -0.123. The summed E-state index contributed by atoms with van der Waals surface area (Å²) in [5, 5.41) is 3.73. The van der Waals surface area contributed by atoms with Gasteiger partial charge in [-0.25, -0.2) is 9.37 Å². The van der Waals surface area contributed by atoms with Gasteiger partial charge < -0.3 is 10.1 Å². The Hall–Kier alpha value is -2.73. The molecule has 0 aliphatic rings. The van der Waals surface area contributed by atoms with E-state index in [0.29, 0.717) is 13.0 Å². The fraction of sp³-hybridized carbons (Fsp3) is 0.238. The number of carbonyl (C=O) groups excluding carboxylic acids is 1. The molecule has 1 heterocycles. The maximum atomic E-state index is 13.1. The number of hydrogen-bond acceptors (Lipinski definition) is 4. The molecule has 0 unspecified atom stereocenters. The van der Waals surface area contributed by atoms with E-state index in [9.17, 15) is 9.18 Å². The third-order valence-corrected chi connectivity index (χ3v) is 5.38. The van der Waals surface area contributed by atoms with E-state index in [2.05, 4.69) is 10.3 Å². The minimum atomic E-state index is -0.261. The quantitative estimate of drug-likeness (QED) is 0.661. The number of amides is 1. The lowest BCUT2D eigenvalue weighted by atomic mass is 10.2. The number of ether oxygens (including phenoxy) is 1. The second kappa shape index (κ2) is 8.77. The van der Waals surface area contributed by atoms with Crippen LogP contribution in [0.25, 0.3) is 10.6 Å². The fourth-order valence-electron chi connectivity index (χ4n) is 2.60. The molecule has 0 aliphatic heterocycles. The van der Waals surface area contributed by atoms with Crippen molar-refractivity contribution in [2.24, 2.45) is 0 Å². The molecular formula is C21H21FN2O2S. The van der Waals surface area contributed by atoms with Crippen molar-refractivity contribution in [1.82, 2.24) is 10.3 Å². The van der Waals surface area contributed by atoms with E-state index in [-0.39, 0.29) is 18.3 Å². The lowest BCUT2D eigenvalue weighted by Crippen LogP contribution is -2.30. The number of carbonyl (C=O) groups is 1. The van der Waals surface area contributed by atoms with Crippen molar-refractivity contribution in [3.05, 3.63) is 70.5 Å². The van der Waals surface area contributed by atoms with Crippen LogP contribution in [-0.4, -0.2) is 24.0 Å². The van der Waals surface area contributed by atoms with Crippen LogP contribution in [0.3, 0.4) is 0 Å². The monoisotopic (exact) mass is 384 g/mol. The molecule has 3 aromatic rings. The highest BCUT2D eigenvalue weighted by atomic mass is 32.1. The van der Waals surface area contributed by atoms with Crippen molar-refractivity contribution in [2.45, 2.75) is 20.3 Å². The van der Waals surface area contributed by atoms with E-state index in [1.807, 2.05) is 38.1 Å². The summed E-state index contributed by atoms with van der Waals surface area (Å²) >= 11 is 1.57. The van der Waals surface area contributed by atoms with E-state index in [1.54, 1.807) is 23.5 Å². The molecule has 27 heavy (non-hydrogen) atoms. The van der Waals surface area contributed by atoms with Gasteiger partial charge >= 0.3 is 0 Å². The van der Waals surface area contributed by atoms with Crippen molar-refractivity contribution >= 4 is 17.2 Å². The summed E-state index contributed by atoms with van der Waals surface area (Å²) in [5.74, 6) is 0.303. The number of nitrogens with zero attached hydrogens (tertiary/aromatic N) is 1. The van der Waals surface area contributed by atoms with Gasteiger partial charge in [0, 0.05) is 23.4 Å². The molecule has 1 aromatic heterocycles. The number of hydrogen-bond donors (Lipinski definition) is 1. The highest BCUT2D eigenvalue weighted by Crippen LogP contribution is 2.28. The van der Waals surface area contributed by atoms with Gasteiger partial charge in [0.25, 0.3) is 5.91 Å². The normalized spacial score (nSPS) is 10.6. The first kappa shape index (κ1) is 19.0. The maximum Gasteiger partial charge on any atom is 0.257 e. The highest BCUT2D eigenvalue weighted by Gasteiger charge is 2.10.